The van der Waals surface area contributed by atoms with E-state index in [0.29, 0.717) is 24.7 Å². The number of rotatable bonds is 8. The van der Waals surface area contributed by atoms with Crippen molar-refractivity contribution in [2.75, 3.05) is 6.61 Å². The molecule has 23 heavy (non-hydrogen) atoms. The van der Waals surface area contributed by atoms with E-state index in [-0.39, 0.29) is 17.9 Å². The van der Waals surface area contributed by atoms with Crippen LogP contribution in [0.25, 0.3) is 0 Å². The van der Waals surface area contributed by atoms with E-state index in [0.717, 1.165) is 19.3 Å². The molecule has 0 radical (unpaired) electrons. The molecule has 3 heteroatoms. The van der Waals surface area contributed by atoms with Gasteiger partial charge in [0.1, 0.15) is 0 Å². The fraction of sp³-hybridized carbons (Fsp3) is 0.800. The van der Waals surface area contributed by atoms with Gasteiger partial charge < -0.3 is 15.3 Å². The maximum absolute atomic E-state index is 10.2. The third-order valence-corrected chi connectivity index (χ3v) is 5.66. The lowest BCUT2D eigenvalue weighted by molar-refractivity contribution is -0.00612. The van der Waals surface area contributed by atoms with E-state index in [9.17, 15) is 15.3 Å². The van der Waals surface area contributed by atoms with Gasteiger partial charge in [-0.05, 0) is 69.6 Å². The van der Waals surface area contributed by atoms with Gasteiger partial charge in [-0.3, -0.25) is 0 Å². The Bertz CT molecular complexity index is 410. The molecule has 1 unspecified atom stereocenters. The number of hydrogen-bond acceptors (Lipinski definition) is 3. The molecule has 0 heterocycles. The highest BCUT2D eigenvalue weighted by Gasteiger charge is 2.40. The van der Waals surface area contributed by atoms with Crippen molar-refractivity contribution in [3.63, 3.8) is 0 Å². The summed E-state index contributed by atoms with van der Waals surface area (Å²) >= 11 is 0. The van der Waals surface area contributed by atoms with Gasteiger partial charge in [0.2, 0.25) is 0 Å². The summed E-state index contributed by atoms with van der Waals surface area (Å²) in [4.78, 5) is 0. The van der Waals surface area contributed by atoms with Gasteiger partial charge in [0.05, 0.1) is 11.7 Å². The van der Waals surface area contributed by atoms with Crippen LogP contribution in [0.3, 0.4) is 0 Å². The molecule has 0 spiro atoms. The first-order chi connectivity index (χ1) is 10.5. The van der Waals surface area contributed by atoms with Gasteiger partial charge >= 0.3 is 0 Å². The van der Waals surface area contributed by atoms with Gasteiger partial charge in [0.15, 0.2) is 0 Å². The topological polar surface area (TPSA) is 60.7 Å². The Morgan fingerprint density at radius 1 is 1.43 bits per heavy atom. The average Bonchev–Trinajstić information content (AvgIpc) is 2.43. The molecule has 134 valence electrons. The van der Waals surface area contributed by atoms with Gasteiger partial charge in [0, 0.05) is 13.0 Å². The third kappa shape index (κ3) is 5.74. The molecule has 0 bridgehead atoms. The largest absolute Gasteiger partial charge is 0.396 e. The van der Waals surface area contributed by atoms with Gasteiger partial charge in [-0.15, -0.1) is 6.58 Å². The highest BCUT2D eigenvalue weighted by molar-refractivity contribution is 5.12. The molecule has 5 atom stereocenters. The highest BCUT2D eigenvalue weighted by Crippen LogP contribution is 2.49. The second kappa shape index (κ2) is 7.96. The van der Waals surface area contributed by atoms with Crippen LogP contribution in [0.15, 0.2) is 24.8 Å². The summed E-state index contributed by atoms with van der Waals surface area (Å²) in [5.41, 5.74) is 0.368. The standard InChI is InChI=1S/C20H36O3/c1-7-20(6)9-8-15(11-18(20)14(2)3)16(13-21)10-17(22)12-19(4,5)23/h7,15-18,21-23H,1-2,8-13H2,3-6H3/t15-,16?,17+,18+,20-/m0/s1. The molecule has 0 amide bonds. The van der Waals surface area contributed by atoms with Crippen LogP contribution >= 0.6 is 0 Å². The summed E-state index contributed by atoms with van der Waals surface area (Å²) in [5, 5.41) is 29.9. The van der Waals surface area contributed by atoms with Gasteiger partial charge in [-0.2, -0.15) is 0 Å². The van der Waals surface area contributed by atoms with Crippen molar-refractivity contribution in [1.29, 1.82) is 0 Å². The maximum Gasteiger partial charge on any atom is 0.0616 e. The van der Waals surface area contributed by atoms with Crippen LogP contribution in [0.4, 0.5) is 0 Å². The molecular formula is C20H36O3. The zero-order valence-electron chi connectivity index (χ0n) is 15.4. The predicted molar refractivity (Wildman–Crippen MR) is 96.1 cm³/mol. The quantitative estimate of drug-likeness (QED) is 0.597. The Morgan fingerprint density at radius 3 is 2.48 bits per heavy atom. The van der Waals surface area contributed by atoms with Gasteiger partial charge in [0.25, 0.3) is 0 Å². The number of allylic oxidation sites excluding steroid dienone is 2. The van der Waals surface area contributed by atoms with Crippen LogP contribution in [0.2, 0.25) is 0 Å². The minimum absolute atomic E-state index is 0.0727. The SMILES string of the molecule is C=C[C@@]1(C)CC[C@H](C(CO)C[C@@H](O)CC(C)(C)O)C[C@@H]1C(=C)C. The lowest BCUT2D eigenvalue weighted by Crippen LogP contribution is -2.38. The monoisotopic (exact) mass is 324 g/mol. The summed E-state index contributed by atoms with van der Waals surface area (Å²) < 4.78 is 0. The van der Waals surface area contributed by atoms with Crippen LogP contribution in [0.1, 0.15) is 59.8 Å². The van der Waals surface area contributed by atoms with Crippen molar-refractivity contribution in [2.24, 2.45) is 23.2 Å². The minimum Gasteiger partial charge on any atom is -0.396 e. The molecule has 1 fully saturated rings. The Balaban J connectivity index is 2.76. The Kier molecular flexibility index (Phi) is 7.06. The van der Waals surface area contributed by atoms with E-state index in [2.05, 4.69) is 33.1 Å². The summed E-state index contributed by atoms with van der Waals surface area (Å²) in [6.45, 7) is 16.0. The molecular weight excluding hydrogens is 288 g/mol. The molecule has 1 aliphatic rings. The summed E-state index contributed by atoms with van der Waals surface area (Å²) in [5.74, 6) is 0.828. The van der Waals surface area contributed by atoms with Gasteiger partial charge in [-0.1, -0.05) is 25.2 Å². The van der Waals surface area contributed by atoms with E-state index in [1.54, 1.807) is 13.8 Å². The van der Waals surface area contributed by atoms with Gasteiger partial charge in [-0.25, -0.2) is 0 Å². The maximum atomic E-state index is 10.2. The van der Waals surface area contributed by atoms with Crippen LogP contribution in [-0.2, 0) is 0 Å². The third-order valence-electron chi connectivity index (χ3n) is 5.66. The second-order valence-electron chi connectivity index (χ2n) is 8.49. The summed E-state index contributed by atoms with van der Waals surface area (Å²) in [6.07, 6.45) is 5.41. The molecule has 1 rings (SSSR count). The lowest BCUT2D eigenvalue weighted by atomic mass is 9.60. The smallest absolute Gasteiger partial charge is 0.0616 e. The van der Waals surface area contributed by atoms with E-state index in [1.165, 1.54) is 5.57 Å². The van der Waals surface area contributed by atoms with E-state index < -0.39 is 11.7 Å². The molecule has 0 aromatic rings. The molecule has 0 aliphatic heterocycles. The van der Waals surface area contributed by atoms with Crippen molar-refractivity contribution in [1.82, 2.24) is 0 Å². The molecule has 1 aliphatic carbocycles. The average molecular weight is 325 g/mol. The van der Waals surface area contributed by atoms with Crippen molar-refractivity contribution < 1.29 is 15.3 Å². The normalized spacial score (nSPS) is 31.4. The van der Waals surface area contributed by atoms with Crippen LogP contribution in [-0.4, -0.2) is 33.6 Å². The number of hydrogen-bond donors (Lipinski definition) is 3. The first kappa shape index (κ1) is 20.4. The predicted octanol–water partition coefficient (Wildman–Crippen LogP) is 3.69. The molecule has 3 N–H and O–H groups in total. The Morgan fingerprint density at radius 2 is 2.04 bits per heavy atom. The van der Waals surface area contributed by atoms with E-state index >= 15 is 0 Å². The van der Waals surface area contributed by atoms with Crippen LogP contribution in [0, 0.1) is 23.2 Å². The highest BCUT2D eigenvalue weighted by atomic mass is 16.3. The molecule has 0 aromatic heterocycles. The zero-order chi connectivity index (χ0) is 17.8. The van der Waals surface area contributed by atoms with E-state index in [4.69, 9.17) is 0 Å². The van der Waals surface area contributed by atoms with Crippen molar-refractivity contribution in [3.05, 3.63) is 24.8 Å². The van der Waals surface area contributed by atoms with Crippen molar-refractivity contribution in [3.8, 4) is 0 Å². The Labute approximate surface area is 142 Å². The summed E-state index contributed by atoms with van der Waals surface area (Å²) in [7, 11) is 0. The summed E-state index contributed by atoms with van der Waals surface area (Å²) in [6, 6.07) is 0. The molecule has 0 aromatic carbocycles. The second-order valence-corrected chi connectivity index (χ2v) is 8.49. The Hall–Kier alpha value is -0.640. The number of aliphatic hydroxyl groups excluding tert-OH is 2. The fourth-order valence-corrected chi connectivity index (χ4v) is 4.22. The van der Waals surface area contributed by atoms with E-state index in [1.807, 2.05) is 0 Å². The van der Waals surface area contributed by atoms with Crippen molar-refractivity contribution >= 4 is 0 Å². The lowest BCUT2D eigenvalue weighted by Gasteiger charge is -2.45. The first-order valence-corrected chi connectivity index (χ1v) is 8.82. The van der Waals surface area contributed by atoms with Crippen LogP contribution < -0.4 is 0 Å². The first-order valence-electron chi connectivity index (χ1n) is 8.82. The number of aliphatic hydroxyl groups is 3. The zero-order valence-corrected chi connectivity index (χ0v) is 15.4. The van der Waals surface area contributed by atoms with Crippen LogP contribution in [0.5, 0.6) is 0 Å². The molecule has 1 saturated carbocycles. The molecule has 0 saturated heterocycles. The van der Waals surface area contributed by atoms with Crippen molar-refractivity contribution in [2.45, 2.75) is 71.5 Å². The minimum atomic E-state index is -0.881. The fourth-order valence-electron chi connectivity index (χ4n) is 4.22. The molecule has 3 nitrogen and oxygen atoms in total.